The highest BCUT2D eigenvalue weighted by Gasteiger charge is 2.55. The zero-order valence-corrected chi connectivity index (χ0v) is 10.7. The third-order valence-corrected chi connectivity index (χ3v) is 5.08. The molecule has 0 saturated carbocycles. The van der Waals surface area contributed by atoms with Crippen LogP contribution in [0.2, 0.25) is 0 Å². The summed E-state index contributed by atoms with van der Waals surface area (Å²) in [5.74, 6) is 0. The van der Waals surface area contributed by atoms with Crippen LogP contribution in [0.1, 0.15) is 58.3 Å². The first-order valence-electron chi connectivity index (χ1n) is 7.38. The molecule has 92 valence electrons. The molecule has 1 spiro atoms. The lowest BCUT2D eigenvalue weighted by atomic mass is 9.77. The van der Waals surface area contributed by atoms with E-state index in [0.717, 1.165) is 6.04 Å². The van der Waals surface area contributed by atoms with Gasteiger partial charge in [-0.05, 0) is 38.6 Å². The van der Waals surface area contributed by atoms with Crippen molar-refractivity contribution in [2.45, 2.75) is 70.0 Å². The molecular formula is C14H26N2. The number of rotatable bonds is 2. The molecule has 2 heteroatoms. The van der Waals surface area contributed by atoms with E-state index in [4.69, 9.17) is 0 Å². The van der Waals surface area contributed by atoms with E-state index in [9.17, 15) is 0 Å². The zero-order chi connectivity index (χ0) is 11.0. The molecule has 0 amide bonds. The van der Waals surface area contributed by atoms with E-state index in [1.807, 2.05) is 0 Å². The van der Waals surface area contributed by atoms with Gasteiger partial charge >= 0.3 is 0 Å². The fourth-order valence-corrected chi connectivity index (χ4v) is 4.38. The third kappa shape index (κ3) is 1.53. The Hall–Kier alpha value is -0.0800. The molecule has 3 aliphatic heterocycles. The van der Waals surface area contributed by atoms with Crippen molar-refractivity contribution in [3.8, 4) is 0 Å². The SMILES string of the molecule is CCCC1CC23CCCCCN2CCCN13. The summed E-state index contributed by atoms with van der Waals surface area (Å²) in [7, 11) is 0. The predicted molar refractivity (Wildman–Crippen MR) is 67.4 cm³/mol. The molecule has 3 rings (SSSR count). The Labute approximate surface area is 100.0 Å². The van der Waals surface area contributed by atoms with Crippen LogP contribution in [-0.4, -0.2) is 41.1 Å². The van der Waals surface area contributed by atoms with E-state index in [2.05, 4.69) is 16.7 Å². The van der Waals surface area contributed by atoms with Crippen LogP contribution in [0.4, 0.5) is 0 Å². The van der Waals surface area contributed by atoms with Crippen molar-refractivity contribution in [3.63, 3.8) is 0 Å². The Balaban J connectivity index is 1.76. The van der Waals surface area contributed by atoms with Gasteiger partial charge in [0.15, 0.2) is 0 Å². The van der Waals surface area contributed by atoms with E-state index >= 15 is 0 Å². The molecule has 0 aromatic carbocycles. The van der Waals surface area contributed by atoms with Crippen molar-refractivity contribution in [2.75, 3.05) is 19.6 Å². The van der Waals surface area contributed by atoms with Crippen LogP contribution in [0, 0.1) is 0 Å². The van der Waals surface area contributed by atoms with Gasteiger partial charge in [-0.3, -0.25) is 9.80 Å². The van der Waals surface area contributed by atoms with Crippen LogP contribution in [0.3, 0.4) is 0 Å². The highest BCUT2D eigenvalue weighted by Crippen LogP contribution is 2.48. The third-order valence-electron chi connectivity index (χ3n) is 5.08. The van der Waals surface area contributed by atoms with Crippen LogP contribution in [0.15, 0.2) is 0 Å². The van der Waals surface area contributed by atoms with E-state index in [1.54, 1.807) is 0 Å². The second kappa shape index (κ2) is 4.30. The lowest BCUT2D eigenvalue weighted by Crippen LogP contribution is -2.75. The van der Waals surface area contributed by atoms with Crippen LogP contribution in [0.25, 0.3) is 0 Å². The molecule has 3 aliphatic rings. The van der Waals surface area contributed by atoms with E-state index in [-0.39, 0.29) is 0 Å². The predicted octanol–water partition coefficient (Wildman–Crippen LogP) is 2.84. The number of nitrogens with zero attached hydrogens (tertiary/aromatic N) is 2. The van der Waals surface area contributed by atoms with Gasteiger partial charge in [0.05, 0.1) is 5.66 Å². The molecule has 3 heterocycles. The number of hydrogen-bond donors (Lipinski definition) is 0. The largest absolute Gasteiger partial charge is 0.285 e. The Bertz CT molecular complexity index is 253. The van der Waals surface area contributed by atoms with Crippen molar-refractivity contribution in [1.29, 1.82) is 0 Å². The van der Waals surface area contributed by atoms with Gasteiger partial charge in [-0.1, -0.05) is 26.2 Å². The molecule has 16 heavy (non-hydrogen) atoms. The molecule has 3 saturated heterocycles. The zero-order valence-electron chi connectivity index (χ0n) is 10.7. The summed E-state index contributed by atoms with van der Waals surface area (Å²) in [6.45, 7) is 6.45. The normalized spacial score (nSPS) is 40.7. The summed E-state index contributed by atoms with van der Waals surface area (Å²) in [5.41, 5.74) is 0.536. The Morgan fingerprint density at radius 1 is 1.06 bits per heavy atom. The minimum absolute atomic E-state index is 0.536. The first-order chi connectivity index (χ1) is 7.87. The molecule has 2 unspecified atom stereocenters. The fraction of sp³-hybridized carbons (Fsp3) is 1.00. The average molecular weight is 222 g/mol. The van der Waals surface area contributed by atoms with Gasteiger partial charge in [0, 0.05) is 19.1 Å². The number of hydrogen-bond acceptors (Lipinski definition) is 2. The standard InChI is InChI=1S/C14H26N2/c1-2-7-13-12-14-8-4-3-5-9-15(14)10-6-11-16(13)14/h13H,2-12H2,1H3. The molecule has 0 aliphatic carbocycles. The van der Waals surface area contributed by atoms with Crippen molar-refractivity contribution in [2.24, 2.45) is 0 Å². The van der Waals surface area contributed by atoms with Gasteiger partial charge in [-0.25, -0.2) is 0 Å². The second-order valence-electron chi connectivity index (χ2n) is 5.97. The smallest absolute Gasteiger partial charge is 0.0755 e. The van der Waals surface area contributed by atoms with E-state index in [1.165, 1.54) is 71.0 Å². The highest BCUT2D eigenvalue weighted by molar-refractivity contribution is 5.07. The maximum absolute atomic E-state index is 2.87. The topological polar surface area (TPSA) is 6.48 Å². The maximum Gasteiger partial charge on any atom is 0.0755 e. The van der Waals surface area contributed by atoms with Crippen molar-refractivity contribution >= 4 is 0 Å². The summed E-state index contributed by atoms with van der Waals surface area (Å²) in [6.07, 6.45) is 11.5. The average Bonchev–Trinajstić information content (AvgIpc) is 2.49. The first-order valence-corrected chi connectivity index (χ1v) is 7.38. The van der Waals surface area contributed by atoms with E-state index in [0.29, 0.717) is 5.66 Å². The van der Waals surface area contributed by atoms with Gasteiger partial charge in [0.25, 0.3) is 0 Å². The Kier molecular flexibility index (Phi) is 2.97. The molecule has 0 bridgehead atoms. The van der Waals surface area contributed by atoms with Gasteiger partial charge in [0.1, 0.15) is 0 Å². The molecular weight excluding hydrogens is 196 g/mol. The fourth-order valence-electron chi connectivity index (χ4n) is 4.38. The molecule has 0 aromatic heterocycles. The summed E-state index contributed by atoms with van der Waals surface area (Å²) in [4.78, 5) is 5.70. The molecule has 2 nitrogen and oxygen atoms in total. The molecule has 3 fully saturated rings. The molecule has 0 radical (unpaired) electrons. The van der Waals surface area contributed by atoms with Gasteiger partial charge in [-0.15, -0.1) is 0 Å². The van der Waals surface area contributed by atoms with Crippen LogP contribution < -0.4 is 0 Å². The summed E-state index contributed by atoms with van der Waals surface area (Å²) >= 11 is 0. The summed E-state index contributed by atoms with van der Waals surface area (Å²) in [5, 5.41) is 0. The molecule has 0 N–H and O–H groups in total. The minimum atomic E-state index is 0.536. The van der Waals surface area contributed by atoms with Gasteiger partial charge in [0.2, 0.25) is 0 Å². The Morgan fingerprint density at radius 3 is 2.81 bits per heavy atom. The van der Waals surface area contributed by atoms with Gasteiger partial charge in [-0.2, -0.15) is 0 Å². The van der Waals surface area contributed by atoms with Gasteiger partial charge < -0.3 is 0 Å². The monoisotopic (exact) mass is 222 g/mol. The van der Waals surface area contributed by atoms with Crippen LogP contribution in [-0.2, 0) is 0 Å². The molecule has 0 aromatic rings. The van der Waals surface area contributed by atoms with Crippen molar-refractivity contribution in [1.82, 2.24) is 9.80 Å². The lowest BCUT2D eigenvalue weighted by Gasteiger charge is -2.65. The first kappa shape index (κ1) is 11.0. The van der Waals surface area contributed by atoms with Crippen LogP contribution >= 0.6 is 0 Å². The minimum Gasteiger partial charge on any atom is -0.285 e. The van der Waals surface area contributed by atoms with Crippen molar-refractivity contribution < 1.29 is 0 Å². The summed E-state index contributed by atoms with van der Waals surface area (Å²) in [6, 6.07) is 0.922. The van der Waals surface area contributed by atoms with Crippen molar-refractivity contribution in [3.05, 3.63) is 0 Å². The highest BCUT2D eigenvalue weighted by atomic mass is 15.5. The van der Waals surface area contributed by atoms with E-state index < -0.39 is 0 Å². The Morgan fingerprint density at radius 2 is 1.94 bits per heavy atom. The maximum atomic E-state index is 2.87. The second-order valence-corrected chi connectivity index (χ2v) is 5.97. The molecule has 2 atom stereocenters. The quantitative estimate of drug-likeness (QED) is 0.709. The summed E-state index contributed by atoms with van der Waals surface area (Å²) < 4.78 is 0. The van der Waals surface area contributed by atoms with Crippen LogP contribution in [0.5, 0.6) is 0 Å². The lowest BCUT2D eigenvalue weighted by molar-refractivity contribution is -0.198.